The molecule has 1 aromatic carbocycles. The van der Waals surface area contributed by atoms with Gasteiger partial charge in [0.25, 0.3) is 0 Å². The first-order chi connectivity index (χ1) is 8.29. The summed E-state index contributed by atoms with van der Waals surface area (Å²) in [5, 5.41) is 9.02. The highest BCUT2D eigenvalue weighted by Gasteiger charge is 2.42. The quantitative estimate of drug-likeness (QED) is 0.671. The van der Waals surface area contributed by atoms with Crippen molar-refractivity contribution in [3.05, 3.63) is 35.9 Å². The Hall–Kier alpha value is -1.27. The zero-order chi connectivity index (χ0) is 13.8. The molecule has 18 heavy (non-hydrogen) atoms. The highest BCUT2D eigenvalue weighted by molar-refractivity contribution is 7.52. The molecule has 0 radical (unpaired) electrons. The molecular weight excluding hydrogens is 264 g/mol. The number of nitrogens with two attached hydrogens (primary N) is 1. The SMILES string of the molecule is N[C@](Cc1ccccc1)(CP(=O)(O)OF)C(=O)O. The largest absolute Gasteiger partial charge is 0.480 e. The first kappa shape index (κ1) is 14.8. The van der Waals surface area contributed by atoms with Gasteiger partial charge in [0, 0.05) is 6.42 Å². The summed E-state index contributed by atoms with van der Waals surface area (Å²) in [7, 11) is -4.66. The number of hydrogen-bond acceptors (Lipinski definition) is 4. The third-order valence-corrected chi connectivity index (χ3v) is 3.56. The number of hydrogen-bond donors (Lipinski definition) is 3. The van der Waals surface area contributed by atoms with E-state index in [1.165, 1.54) is 0 Å². The van der Waals surface area contributed by atoms with Crippen molar-refractivity contribution in [2.24, 2.45) is 5.73 Å². The van der Waals surface area contributed by atoms with E-state index >= 15 is 0 Å². The Morgan fingerprint density at radius 3 is 2.44 bits per heavy atom. The fraction of sp³-hybridized carbons (Fsp3) is 0.300. The van der Waals surface area contributed by atoms with Crippen LogP contribution in [0.2, 0.25) is 0 Å². The fourth-order valence-electron chi connectivity index (χ4n) is 1.54. The van der Waals surface area contributed by atoms with Gasteiger partial charge in [-0.15, -0.1) is 4.73 Å². The molecule has 4 N–H and O–H groups in total. The Balaban J connectivity index is 2.95. The minimum absolute atomic E-state index is 0.211. The molecule has 0 aromatic heterocycles. The van der Waals surface area contributed by atoms with Crippen LogP contribution in [0.15, 0.2) is 30.3 Å². The minimum atomic E-state index is -4.66. The first-order valence-corrected chi connectivity index (χ1v) is 6.74. The molecule has 8 heteroatoms. The lowest BCUT2D eigenvalue weighted by Gasteiger charge is -2.25. The lowest BCUT2D eigenvalue weighted by molar-refractivity contribution is -0.142. The molecule has 0 saturated carbocycles. The fourth-order valence-corrected chi connectivity index (χ4v) is 2.55. The number of carboxylic acids is 1. The molecule has 1 rings (SSSR count). The molecular formula is C10H13FNO5P. The molecule has 100 valence electrons. The second kappa shape index (κ2) is 5.58. The van der Waals surface area contributed by atoms with E-state index in [0.717, 1.165) is 0 Å². The van der Waals surface area contributed by atoms with Gasteiger partial charge < -0.3 is 15.7 Å². The van der Waals surface area contributed by atoms with E-state index in [0.29, 0.717) is 5.56 Å². The van der Waals surface area contributed by atoms with Gasteiger partial charge in [-0.25, -0.2) is 0 Å². The van der Waals surface area contributed by atoms with Crippen LogP contribution in [-0.2, 0) is 20.5 Å². The molecule has 1 aromatic rings. The van der Waals surface area contributed by atoms with Crippen LogP contribution in [0.3, 0.4) is 0 Å². The van der Waals surface area contributed by atoms with Gasteiger partial charge in [-0.2, -0.15) is 0 Å². The summed E-state index contributed by atoms with van der Waals surface area (Å²) in [5.74, 6) is -1.50. The van der Waals surface area contributed by atoms with Crippen LogP contribution in [0.25, 0.3) is 0 Å². The van der Waals surface area contributed by atoms with E-state index < -0.39 is 25.3 Å². The van der Waals surface area contributed by atoms with Gasteiger partial charge in [-0.1, -0.05) is 30.3 Å². The van der Waals surface area contributed by atoms with Crippen LogP contribution >= 0.6 is 7.60 Å². The highest BCUT2D eigenvalue weighted by Crippen LogP contribution is 2.45. The topological polar surface area (TPSA) is 110 Å². The zero-order valence-corrected chi connectivity index (χ0v) is 10.2. The maximum absolute atomic E-state index is 11.8. The molecule has 0 aliphatic carbocycles. The van der Waals surface area contributed by atoms with Crippen molar-refractivity contribution in [1.29, 1.82) is 0 Å². The second-order valence-corrected chi connectivity index (χ2v) is 5.72. The van der Waals surface area contributed by atoms with E-state index in [-0.39, 0.29) is 6.42 Å². The molecule has 0 saturated heterocycles. The predicted octanol–water partition coefficient (Wildman–Crippen LogP) is 1.10. The van der Waals surface area contributed by atoms with Gasteiger partial charge in [0.1, 0.15) is 5.54 Å². The van der Waals surface area contributed by atoms with Crippen LogP contribution in [0, 0.1) is 0 Å². The van der Waals surface area contributed by atoms with Crippen LogP contribution in [0.4, 0.5) is 4.53 Å². The molecule has 0 amide bonds. The lowest BCUT2D eigenvalue weighted by Crippen LogP contribution is -2.53. The molecule has 0 bridgehead atoms. The third kappa shape index (κ3) is 3.89. The van der Waals surface area contributed by atoms with Crippen molar-refractivity contribution in [3.8, 4) is 0 Å². The van der Waals surface area contributed by atoms with Crippen LogP contribution in [-0.4, -0.2) is 27.7 Å². The van der Waals surface area contributed by atoms with Crippen molar-refractivity contribution in [1.82, 2.24) is 0 Å². The Labute approximate surface area is 103 Å². The summed E-state index contributed by atoms with van der Waals surface area (Å²) in [6, 6.07) is 8.29. The summed E-state index contributed by atoms with van der Waals surface area (Å²) in [4.78, 5) is 20.1. The summed E-state index contributed by atoms with van der Waals surface area (Å²) in [5.41, 5.74) is 4.04. The molecule has 0 aliphatic heterocycles. The van der Waals surface area contributed by atoms with Crippen molar-refractivity contribution in [2.75, 3.05) is 6.16 Å². The summed E-state index contributed by atoms with van der Waals surface area (Å²) in [6.45, 7) is 0. The number of carboxylic acid groups (broad SMARTS) is 1. The van der Waals surface area contributed by atoms with Crippen molar-refractivity contribution in [3.63, 3.8) is 0 Å². The number of aliphatic carboxylic acids is 1. The monoisotopic (exact) mass is 277 g/mol. The Kier molecular flexibility index (Phi) is 4.59. The molecule has 1 unspecified atom stereocenters. The maximum Gasteiger partial charge on any atom is 0.363 e. The van der Waals surface area contributed by atoms with Gasteiger partial charge >= 0.3 is 13.6 Å². The van der Waals surface area contributed by atoms with E-state index in [4.69, 9.17) is 15.7 Å². The van der Waals surface area contributed by atoms with E-state index in [9.17, 15) is 13.9 Å². The number of carbonyl (C=O) groups is 1. The second-order valence-electron chi connectivity index (χ2n) is 3.99. The summed E-state index contributed by atoms with van der Waals surface area (Å²) in [6.07, 6.45) is -1.22. The summed E-state index contributed by atoms with van der Waals surface area (Å²) >= 11 is 0. The number of benzene rings is 1. The standard InChI is InChI=1S/C10H13FNO5P/c11-17-18(15,16)7-10(12,9(13)14)6-8-4-2-1-3-5-8/h1-5H,6-7,12H2,(H,13,14)(H,15,16)/t10-/m1/s1. The average Bonchev–Trinajstić information content (AvgIpc) is 2.29. The number of halogens is 1. The first-order valence-electron chi connectivity index (χ1n) is 4.97. The smallest absolute Gasteiger partial charge is 0.363 e. The van der Waals surface area contributed by atoms with E-state index in [1.54, 1.807) is 30.3 Å². The summed E-state index contributed by atoms with van der Waals surface area (Å²) < 4.78 is 25.8. The zero-order valence-electron chi connectivity index (χ0n) is 9.32. The minimum Gasteiger partial charge on any atom is -0.480 e. The van der Waals surface area contributed by atoms with Gasteiger partial charge in [0.15, 0.2) is 0 Å². The third-order valence-electron chi connectivity index (χ3n) is 2.38. The Bertz CT molecular complexity index is 469. The van der Waals surface area contributed by atoms with Crippen molar-refractivity contribution in [2.45, 2.75) is 12.0 Å². The van der Waals surface area contributed by atoms with E-state index in [2.05, 4.69) is 4.73 Å². The maximum atomic E-state index is 11.8. The van der Waals surface area contributed by atoms with Gasteiger partial charge in [0.05, 0.1) is 6.16 Å². The van der Waals surface area contributed by atoms with Crippen LogP contribution in [0.1, 0.15) is 5.56 Å². The van der Waals surface area contributed by atoms with Crippen LogP contribution in [0.5, 0.6) is 0 Å². The molecule has 0 spiro atoms. The van der Waals surface area contributed by atoms with Gasteiger partial charge in [-0.3, -0.25) is 9.36 Å². The van der Waals surface area contributed by atoms with Gasteiger partial charge in [0.2, 0.25) is 0 Å². The lowest BCUT2D eigenvalue weighted by atomic mass is 9.94. The predicted molar refractivity (Wildman–Crippen MR) is 61.6 cm³/mol. The van der Waals surface area contributed by atoms with Crippen molar-refractivity contribution >= 4 is 13.6 Å². The van der Waals surface area contributed by atoms with Crippen LogP contribution < -0.4 is 5.73 Å². The Morgan fingerprint density at radius 1 is 1.44 bits per heavy atom. The molecule has 0 aliphatic rings. The van der Waals surface area contributed by atoms with Crippen molar-refractivity contribution < 1.29 is 28.6 Å². The van der Waals surface area contributed by atoms with E-state index in [1.807, 2.05) is 0 Å². The average molecular weight is 277 g/mol. The molecule has 2 atom stereocenters. The normalized spacial score (nSPS) is 17.7. The Morgan fingerprint density at radius 2 is 2.00 bits per heavy atom. The van der Waals surface area contributed by atoms with Gasteiger partial charge in [-0.05, 0) is 10.1 Å². The molecule has 0 heterocycles. The number of rotatable bonds is 6. The molecule has 0 fully saturated rings. The molecule has 6 nitrogen and oxygen atoms in total. The highest BCUT2D eigenvalue weighted by atomic mass is 31.2.